The molecule has 0 spiro atoms. The third-order valence-corrected chi connectivity index (χ3v) is 5.04. The van der Waals surface area contributed by atoms with Crippen molar-refractivity contribution < 1.29 is 9.59 Å². The molecule has 1 aliphatic carbocycles. The largest absolute Gasteiger partial charge is 0.378 e. The molecule has 1 saturated carbocycles. The van der Waals surface area contributed by atoms with E-state index >= 15 is 0 Å². The first-order chi connectivity index (χ1) is 12.8. The molecule has 1 aliphatic rings. The number of carbonyl (C=O) groups excluding carboxylic acids is 2. The van der Waals surface area contributed by atoms with Crippen LogP contribution in [0.3, 0.4) is 0 Å². The summed E-state index contributed by atoms with van der Waals surface area (Å²) in [5, 5.41) is 2.92. The topological polar surface area (TPSA) is 52.7 Å². The number of carbonyl (C=O) groups is 2. The third kappa shape index (κ3) is 4.67. The van der Waals surface area contributed by atoms with Crippen molar-refractivity contribution in [2.24, 2.45) is 11.8 Å². The molecule has 2 unspecified atom stereocenters. The summed E-state index contributed by atoms with van der Waals surface area (Å²) in [6, 6.07) is 15.3. The predicted molar refractivity (Wildman–Crippen MR) is 109 cm³/mol. The van der Waals surface area contributed by atoms with Crippen LogP contribution in [0, 0.1) is 11.8 Å². The minimum absolute atomic E-state index is 0.0430. The molecule has 1 fully saturated rings. The molecular formula is C22H27N3O2. The minimum atomic E-state index is -0.0671. The first kappa shape index (κ1) is 19.0. The summed E-state index contributed by atoms with van der Waals surface area (Å²) in [7, 11) is 5.79. The fraction of sp³-hybridized carbons (Fsp3) is 0.364. The zero-order chi connectivity index (χ0) is 19.6. The highest BCUT2D eigenvalue weighted by Crippen LogP contribution is 2.38. The van der Waals surface area contributed by atoms with Crippen molar-refractivity contribution >= 4 is 23.2 Å². The van der Waals surface area contributed by atoms with Gasteiger partial charge in [-0.1, -0.05) is 25.1 Å². The maximum Gasteiger partial charge on any atom is 0.253 e. The summed E-state index contributed by atoms with van der Waals surface area (Å²) < 4.78 is 0. The van der Waals surface area contributed by atoms with E-state index in [1.807, 2.05) is 49.3 Å². The van der Waals surface area contributed by atoms with Gasteiger partial charge in [-0.2, -0.15) is 0 Å². The Labute approximate surface area is 161 Å². The van der Waals surface area contributed by atoms with Gasteiger partial charge in [0.05, 0.1) is 0 Å². The third-order valence-electron chi connectivity index (χ3n) is 5.04. The van der Waals surface area contributed by atoms with Gasteiger partial charge >= 0.3 is 0 Å². The van der Waals surface area contributed by atoms with E-state index in [0.29, 0.717) is 23.7 Å². The van der Waals surface area contributed by atoms with Crippen LogP contribution in [-0.4, -0.2) is 37.9 Å². The van der Waals surface area contributed by atoms with E-state index in [0.717, 1.165) is 17.7 Å². The average Bonchev–Trinajstić information content (AvgIpc) is 3.38. The zero-order valence-corrected chi connectivity index (χ0v) is 16.4. The van der Waals surface area contributed by atoms with Crippen LogP contribution in [0.4, 0.5) is 11.4 Å². The molecule has 1 N–H and O–H groups in total. The van der Waals surface area contributed by atoms with Crippen LogP contribution in [0.1, 0.15) is 29.3 Å². The number of anilines is 2. The number of benzene rings is 2. The molecule has 3 rings (SSSR count). The summed E-state index contributed by atoms with van der Waals surface area (Å²) >= 11 is 0. The number of nitrogens with one attached hydrogen (secondary N) is 1. The maximum absolute atomic E-state index is 12.8. The van der Waals surface area contributed by atoms with Gasteiger partial charge in [-0.05, 0) is 48.2 Å². The van der Waals surface area contributed by atoms with E-state index in [2.05, 4.69) is 12.2 Å². The van der Waals surface area contributed by atoms with Gasteiger partial charge in [-0.25, -0.2) is 0 Å². The first-order valence-corrected chi connectivity index (χ1v) is 9.28. The Morgan fingerprint density at radius 3 is 2.33 bits per heavy atom. The van der Waals surface area contributed by atoms with Gasteiger partial charge in [-0.3, -0.25) is 9.59 Å². The van der Waals surface area contributed by atoms with Crippen molar-refractivity contribution in [1.82, 2.24) is 4.90 Å². The van der Waals surface area contributed by atoms with E-state index in [1.54, 1.807) is 30.1 Å². The molecule has 142 valence electrons. The molecule has 0 heterocycles. The number of rotatable bonds is 6. The Balaban J connectivity index is 1.64. The second-order valence-corrected chi connectivity index (χ2v) is 7.61. The summed E-state index contributed by atoms with van der Waals surface area (Å²) in [4.78, 5) is 28.6. The number of hydrogen-bond acceptors (Lipinski definition) is 3. The Bertz CT molecular complexity index is 830. The highest BCUT2D eigenvalue weighted by molar-refractivity contribution is 5.98. The molecule has 5 nitrogen and oxygen atoms in total. The second-order valence-electron chi connectivity index (χ2n) is 7.61. The molecule has 0 aromatic heterocycles. The maximum atomic E-state index is 12.8. The fourth-order valence-electron chi connectivity index (χ4n) is 3.12. The lowest BCUT2D eigenvalue weighted by Gasteiger charge is -2.19. The Morgan fingerprint density at radius 1 is 1.07 bits per heavy atom. The van der Waals surface area contributed by atoms with E-state index in [4.69, 9.17) is 0 Å². The van der Waals surface area contributed by atoms with Crippen LogP contribution in [0.5, 0.6) is 0 Å². The Kier molecular flexibility index (Phi) is 5.49. The van der Waals surface area contributed by atoms with Crippen LogP contribution in [0.2, 0.25) is 0 Å². The predicted octanol–water partition coefficient (Wildman–Crippen LogP) is 3.62. The lowest BCUT2D eigenvalue weighted by Crippen LogP contribution is -2.26. The molecule has 2 aromatic rings. The number of hydrogen-bond donors (Lipinski definition) is 1. The van der Waals surface area contributed by atoms with Crippen molar-refractivity contribution in [3.63, 3.8) is 0 Å². The highest BCUT2D eigenvalue weighted by Gasteiger charge is 2.39. The second kappa shape index (κ2) is 7.82. The van der Waals surface area contributed by atoms with Gasteiger partial charge in [0.2, 0.25) is 5.91 Å². The smallest absolute Gasteiger partial charge is 0.253 e. The van der Waals surface area contributed by atoms with Crippen LogP contribution in [0.15, 0.2) is 48.5 Å². The van der Waals surface area contributed by atoms with Crippen LogP contribution >= 0.6 is 0 Å². The van der Waals surface area contributed by atoms with Crippen molar-refractivity contribution in [3.8, 4) is 0 Å². The molecule has 0 radical (unpaired) electrons. The van der Waals surface area contributed by atoms with Gasteiger partial charge in [0.1, 0.15) is 0 Å². The molecule has 0 aliphatic heterocycles. The molecule has 2 aromatic carbocycles. The summed E-state index contributed by atoms with van der Waals surface area (Å²) in [5.41, 5.74) is 3.45. The Morgan fingerprint density at radius 2 is 1.74 bits per heavy atom. The summed E-state index contributed by atoms with van der Waals surface area (Å²) in [6.45, 7) is 2.60. The van der Waals surface area contributed by atoms with E-state index in [1.165, 1.54) is 0 Å². The minimum Gasteiger partial charge on any atom is -0.378 e. The normalized spacial score (nSPS) is 17.9. The quantitative estimate of drug-likeness (QED) is 0.851. The monoisotopic (exact) mass is 365 g/mol. The van der Waals surface area contributed by atoms with Crippen LogP contribution in [-0.2, 0) is 11.3 Å². The Hall–Kier alpha value is -2.82. The molecule has 5 heteroatoms. The zero-order valence-electron chi connectivity index (χ0n) is 16.4. The van der Waals surface area contributed by atoms with Crippen LogP contribution < -0.4 is 10.2 Å². The van der Waals surface area contributed by atoms with Crippen molar-refractivity contribution in [2.75, 3.05) is 31.4 Å². The highest BCUT2D eigenvalue weighted by atomic mass is 16.2. The molecular weight excluding hydrogens is 338 g/mol. The van der Waals surface area contributed by atoms with Gasteiger partial charge < -0.3 is 15.1 Å². The number of amides is 2. The molecule has 27 heavy (non-hydrogen) atoms. The van der Waals surface area contributed by atoms with Crippen molar-refractivity contribution in [1.29, 1.82) is 0 Å². The first-order valence-electron chi connectivity index (χ1n) is 9.28. The van der Waals surface area contributed by atoms with E-state index in [-0.39, 0.29) is 17.7 Å². The molecule has 2 amide bonds. The van der Waals surface area contributed by atoms with Crippen molar-refractivity contribution in [3.05, 3.63) is 59.7 Å². The van der Waals surface area contributed by atoms with Gasteiger partial charge in [0, 0.05) is 50.5 Å². The SMILES string of the molecule is CC1CC1C(=O)Nc1cccc(C(=O)N(C)Cc2ccc(N(C)C)cc2)c1. The molecule has 2 atom stereocenters. The lowest BCUT2D eigenvalue weighted by atomic mass is 10.1. The van der Waals surface area contributed by atoms with E-state index in [9.17, 15) is 9.59 Å². The van der Waals surface area contributed by atoms with Gasteiger partial charge in [0.25, 0.3) is 5.91 Å². The molecule has 0 bridgehead atoms. The molecule has 0 saturated heterocycles. The lowest BCUT2D eigenvalue weighted by molar-refractivity contribution is -0.117. The van der Waals surface area contributed by atoms with Crippen LogP contribution in [0.25, 0.3) is 0 Å². The summed E-state index contributed by atoms with van der Waals surface area (Å²) in [5.74, 6) is 0.543. The van der Waals surface area contributed by atoms with E-state index < -0.39 is 0 Å². The average molecular weight is 365 g/mol. The van der Waals surface area contributed by atoms with Gasteiger partial charge in [-0.15, -0.1) is 0 Å². The standard InChI is InChI=1S/C22H27N3O2/c1-15-12-20(15)21(26)23-18-7-5-6-17(13-18)22(27)25(4)14-16-8-10-19(11-9-16)24(2)3/h5-11,13,15,20H,12,14H2,1-4H3,(H,23,26). The number of nitrogens with zero attached hydrogens (tertiary/aromatic N) is 2. The fourth-order valence-corrected chi connectivity index (χ4v) is 3.12. The van der Waals surface area contributed by atoms with Gasteiger partial charge in [0.15, 0.2) is 0 Å². The van der Waals surface area contributed by atoms with Crippen molar-refractivity contribution in [2.45, 2.75) is 19.9 Å². The summed E-state index contributed by atoms with van der Waals surface area (Å²) in [6.07, 6.45) is 0.944.